The fourth-order valence-corrected chi connectivity index (χ4v) is 2.50. The van der Waals surface area contributed by atoms with E-state index in [0.29, 0.717) is 0 Å². The Bertz CT molecular complexity index is 972. The van der Waals surface area contributed by atoms with E-state index in [2.05, 4.69) is 53.5 Å². The highest BCUT2D eigenvalue weighted by Gasteiger charge is 2.08. The summed E-state index contributed by atoms with van der Waals surface area (Å²) in [5, 5.41) is 22.8. The van der Waals surface area contributed by atoms with Crippen LogP contribution in [0.15, 0.2) is 72.8 Å². The van der Waals surface area contributed by atoms with Crippen LogP contribution in [0.4, 0.5) is 11.4 Å². The summed E-state index contributed by atoms with van der Waals surface area (Å²) >= 11 is 0. The summed E-state index contributed by atoms with van der Waals surface area (Å²) in [4.78, 5) is 22.4. The zero-order valence-electron chi connectivity index (χ0n) is 13.0. The van der Waals surface area contributed by atoms with Gasteiger partial charge in [-0.3, -0.25) is 20.2 Å². The van der Waals surface area contributed by atoms with Crippen molar-refractivity contribution in [1.29, 1.82) is 0 Å². The fourth-order valence-electron chi connectivity index (χ4n) is 2.50. The molecule has 0 spiro atoms. The molecule has 0 aliphatic carbocycles. The summed E-state index contributed by atoms with van der Waals surface area (Å²) < 4.78 is 0. The number of benzene rings is 3. The van der Waals surface area contributed by atoms with E-state index in [-0.39, 0.29) is 11.4 Å². The van der Waals surface area contributed by atoms with Gasteiger partial charge in [0.1, 0.15) is 0 Å². The normalized spacial score (nSPS) is 10.2. The van der Waals surface area contributed by atoms with Gasteiger partial charge >= 0.3 is 0 Å². The van der Waals surface area contributed by atoms with Crippen LogP contribution in [0.3, 0.4) is 0 Å². The van der Waals surface area contributed by atoms with Gasteiger partial charge in [0, 0.05) is 46.1 Å². The first kappa shape index (κ1) is 16.1. The van der Waals surface area contributed by atoms with Crippen molar-refractivity contribution >= 4 is 33.2 Å². The summed E-state index contributed by atoms with van der Waals surface area (Å²) in [6, 6.07) is 21.1. The van der Waals surface area contributed by atoms with Gasteiger partial charge in [-0.15, -0.1) is 0 Å². The van der Waals surface area contributed by atoms with Gasteiger partial charge in [-0.2, -0.15) is 0 Å². The van der Waals surface area contributed by atoms with Crippen LogP contribution in [0.2, 0.25) is 0 Å². The molecule has 1 heterocycles. The predicted octanol–water partition coefficient (Wildman–Crippen LogP) is 4.82. The third kappa shape index (κ3) is 3.45. The Balaban J connectivity index is 0.000000147. The zero-order valence-corrected chi connectivity index (χ0v) is 13.0. The van der Waals surface area contributed by atoms with E-state index in [1.54, 1.807) is 0 Å². The highest BCUT2D eigenvalue weighted by molar-refractivity contribution is 6.06. The van der Waals surface area contributed by atoms with Crippen molar-refractivity contribution in [3.63, 3.8) is 0 Å². The summed E-state index contributed by atoms with van der Waals surface area (Å²) in [5.74, 6) is 0. The average molecular weight is 335 g/mol. The first-order chi connectivity index (χ1) is 12.1. The van der Waals surface area contributed by atoms with Gasteiger partial charge < -0.3 is 4.98 Å². The molecule has 0 amide bonds. The van der Waals surface area contributed by atoms with E-state index in [1.807, 2.05) is 0 Å². The van der Waals surface area contributed by atoms with Gasteiger partial charge in [0.25, 0.3) is 11.4 Å². The molecular weight excluding hydrogens is 322 g/mol. The van der Waals surface area contributed by atoms with Gasteiger partial charge in [0.2, 0.25) is 0 Å². The lowest BCUT2D eigenvalue weighted by molar-refractivity contribution is -0.389. The van der Waals surface area contributed by atoms with Crippen molar-refractivity contribution in [3.8, 4) is 0 Å². The molecule has 0 atom stereocenters. The Morgan fingerprint density at radius 3 is 1.32 bits per heavy atom. The highest BCUT2D eigenvalue weighted by Crippen LogP contribution is 2.24. The second-order valence-corrected chi connectivity index (χ2v) is 5.25. The molecule has 0 aliphatic rings. The number of hydrogen-bond donors (Lipinski definition) is 1. The number of nitrogens with zero attached hydrogens (tertiary/aromatic N) is 2. The molecule has 124 valence electrons. The summed E-state index contributed by atoms with van der Waals surface area (Å²) in [6.07, 6.45) is 0. The van der Waals surface area contributed by atoms with Crippen LogP contribution in [0.1, 0.15) is 0 Å². The predicted molar refractivity (Wildman–Crippen MR) is 95.6 cm³/mol. The largest absolute Gasteiger partial charge is 0.355 e. The third-order valence-electron chi connectivity index (χ3n) is 3.68. The molecule has 0 fully saturated rings. The number of nitro groups is 2. The number of hydrogen-bond acceptors (Lipinski definition) is 4. The highest BCUT2D eigenvalue weighted by atomic mass is 16.6. The number of aromatic amines is 1. The van der Waals surface area contributed by atoms with E-state index in [9.17, 15) is 20.2 Å². The monoisotopic (exact) mass is 335 g/mol. The van der Waals surface area contributed by atoms with Crippen LogP contribution < -0.4 is 0 Å². The van der Waals surface area contributed by atoms with Crippen molar-refractivity contribution in [1.82, 2.24) is 4.98 Å². The lowest BCUT2D eigenvalue weighted by atomic mass is 10.2. The number of rotatable bonds is 2. The molecule has 3 aromatic carbocycles. The van der Waals surface area contributed by atoms with Crippen molar-refractivity contribution in [3.05, 3.63) is 93.0 Å². The van der Waals surface area contributed by atoms with Gasteiger partial charge in [0.05, 0.1) is 9.85 Å². The van der Waals surface area contributed by atoms with Crippen LogP contribution in [-0.2, 0) is 0 Å². The molecule has 1 N–H and O–H groups in total. The molecule has 0 saturated heterocycles. The maximum atomic E-state index is 10.1. The summed E-state index contributed by atoms with van der Waals surface area (Å²) in [7, 11) is 0. The zero-order chi connectivity index (χ0) is 17.8. The third-order valence-corrected chi connectivity index (χ3v) is 3.68. The molecule has 7 nitrogen and oxygen atoms in total. The molecule has 0 aliphatic heterocycles. The molecule has 4 rings (SSSR count). The Labute approximate surface area is 141 Å². The van der Waals surface area contributed by atoms with Crippen molar-refractivity contribution < 1.29 is 9.85 Å². The van der Waals surface area contributed by atoms with Gasteiger partial charge in [-0.1, -0.05) is 36.4 Å². The molecule has 4 aromatic rings. The minimum atomic E-state index is -0.607. The first-order valence-electron chi connectivity index (χ1n) is 7.40. The Morgan fingerprint density at radius 2 is 0.960 bits per heavy atom. The van der Waals surface area contributed by atoms with Gasteiger partial charge in [0.15, 0.2) is 0 Å². The maximum Gasteiger partial charge on any atom is 0.269 e. The first-order valence-corrected chi connectivity index (χ1v) is 7.40. The lowest BCUT2D eigenvalue weighted by Gasteiger charge is -1.90. The van der Waals surface area contributed by atoms with Crippen LogP contribution in [0.5, 0.6) is 0 Å². The van der Waals surface area contributed by atoms with E-state index in [1.165, 1.54) is 21.8 Å². The number of aromatic nitrogens is 1. The molecule has 1 aromatic heterocycles. The topological polar surface area (TPSA) is 102 Å². The average Bonchev–Trinajstić information content (AvgIpc) is 3.01. The van der Waals surface area contributed by atoms with E-state index in [0.717, 1.165) is 24.3 Å². The molecule has 0 bridgehead atoms. The molecule has 25 heavy (non-hydrogen) atoms. The van der Waals surface area contributed by atoms with Crippen molar-refractivity contribution in [2.24, 2.45) is 0 Å². The minimum absolute atomic E-state index is 0.152. The van der Waals surface area contributed by atoms with Crippen molar-refractivity contribution in [2.75, 3.05) is 0 Å². The number of H-pyrrole nitrogens is 1. The second kappa shape index (κ2) is 6.79. The quantitative estimate of drug-likeness (QED) is 0.419. The van der Waals surface area contributed by atoms with Crippen LogP contribution in [0, 0.1) is 20.2 Å². The molecule has 0 radical (unpaired) electrons. The lowest BCUT2D eigenvalue weighted by Crippen LogP contribution is -1.90. The van der Waals surface area contributed by atoms with Crippen LogP contribution >= 0.6 is 0 Å². The van der Waals surface area contributed by atoms with Crippen molar-refractivity contribution in [2.45, 2.75) is 0 Å². The number of nitro benzene ring substituents is 2. The summed E-state index contributed by atoms with van der Waals surface area (Å²) in [5.41, 5.74) is 2.12. The van der Waals surface area contributed by atoms with E-state index >= 15 is 0 Å². The van der Waals surface area contributed by atoms with E-state index in [4.69, 9.17) is 0 Å². The van der Waals surface area contributed by atoms with Gasteiger partial charge in [-0.25, -0.2) is 0 Å². The molecular formula is C18H13N3O4. The van der Waals surface area contributed by atoms with Crippen LogP contribution in [-0.4, -0.2) is 14.8 Å². The number of para-hydroxylation sites is 2. The fraction of sp³-hybridized carbons (Fsp3) is 0. The van der Waals surface area contributed by atoms with Crippen LogP contribution in [0.25, 0.3) is 21.8 Å². The summed E-state index contributed by atoms with van der Waals surface area (Å²) in [6.45, 7) is 0. The second-order valence-electron chi connectivity index (χ2n) is 5.25. The minimum Gasteiger partial charge on any atom is -0.355 e. The van der Waals surface area contributed by atoms with E-state index < -0.39 is 9.85 Å². The number of nitrogens with one attached hydrogen (secondary N) is 1. The standard InChI is InChI=1S/C12H9N.C6H4N2O4/c1-3-7-11-9(5-1)10-6-2-4-8-12(10)13-11;9-7(10)5-1-2-6(4-3-5)8(11)12/h1-8,13H;1-4H. The molecule has 0 unspecified atom stereocenters. The number of non-ortho nitro benzene ring substituents is 2. The molecule has 7 heteroatoms. The Hall–Kier alpha value is -3.74. The Morgan fingerprint density at radius 1 is 0.600 bits per heavy atom. The molecule has 0 saturated carbocycles. The SMILES string of the molecule is O=[N+]([O-])c1ccc([N+](=O)[O-])cc1.c1ccc2c(c1)[nH]c1ccccc12. The maximum absolute atomic E-state index is 10.1. The Kier molecular flexibility index (Phi) is 4.38. The smallest absolute Gasteiger partial charge is 0.269 e. The van der Waals surface area contributed by atoms with Gasteiger partial charge in [-0.05, 0) is 12.1 Å². The number of fused-ring (bicyclic) bond motifs is 3.